The summed E-state index contributed by atoms with van der Waals surface area (Å²) in [4.78, 5) is 0. The van der Waals surface area contributed by atoms with Crippen molar-refractivity contribution in [3.63, 3.8) is 0 Å². The molecule has 0 spiro atoms. The number of allylic oxidation sites excluding steroid dienone is 2. The second-order valence-electron chi connectivity index (χ2n) is 4.17. The standard InChI is InChI=1S/C10H16OSi/c1-7(2)11-12-10-6-8-3-4-9(10)5-8/h3-4,7-10H,5-6H2,1-2H3. The van der Waals surface area contributed by atoms with Crippen molar-refractivity contribution in [3.8, 4) is 0 Å². The molecule has 0 saturated heterocycles. The summed E-state index contributed by atoms with van der Waals surface area (Å²) in [6.07, 6.45) is 7.98. The lowest BCUT2D eigenvalue weighted by Gasteiger charge is -2.17. The maximum absolute atomic E-state index is 5.67. The van der Waals surface area contributed by atoms with E-state index in [0.717, 1.165) is 27.1 Å². The van der Waals surface area contributed by atoms with Gasteiger partial charge in [0.15, 0.2) is 0 Å². The molecule has 66 valence electrons. The predicted molar refractivity (Wildman–Crippen MR) is 51.1 cm³/mol. The van der Waals surface area contributed by atoms with Crippen molar-refractivity contribution in [1.29, 1.82) is 0 Å². The van der Waals surface area contributed by atoms with Crippen molar-refractivity contribution in [3.05, 3.63) is 12.2 Å². The van der Waals surface area contributed by atoms with E-state index < -0.39 is 0 Å². The molecule has 0 aromatic heterocycles. The summed E-state index contributed by atoms with van der Waals surface area (Å²) in [6, 6.07) is 0. The van der Waals surface area contributed by atoms with Gasteiger partial charge in [0.05, 0.1) is 0 Å². The fourth-order valence-corrected chi connectivity index (χ4v) is 3.41. The Labute approximate surface area is 77.1 Å². The Morgan fingerprint density at radius 2 is 2.17 bits per heavy atom. The van der Waals surface area contributed by atoms with Crippen molar-refractivity contribution in [2.45, 2.75) is 38.3 Å². The molecule has 1 saturated carbocycles. The predicted octanol–water partition coefficient (Wildman–Crippen LogP) is 2.42. The normalized spacial score (nSPS) is 38.4. The lowest BCUT2D eigenvalue weighted by Crippen LogP contribution is -2.16. The largest absolute Gasteiger partial charge is 0.415 e. The van der Waals surface area contributed by atoms with Crippen LogP contribution in [0.25, 0.3) is 0 Å². The first-order chi connectivity index (χ1) is 5.75. The minimum Gasteiger partial charge on any atom is -0.415 e. The molecule has 0 N–H and O–H groups in total. The van der Waals surface area contributed by atoms with Gasteiger partial charge in [0, 0.05) is 6.10 Å². The molecule has 0 aliphatic heterocycles. The van der Waals surface area contributed by atoms with Gasteiger partial charge in [-0.2, -0.15) is 0 Å². The summed E-state index contributed by atoms with van der Waals surface area (Å²) in [5.74, 6) is 1.75. The van der Waals surface area contributed by atoms with Crippen LogP contribution in [-0.4, -0.2) is 15.9 Å². The Bertz CT molecular complexity index is 188. The van der Waals surface area contributed by atoms with Gasteiger partial charge >= 0.3 is 0 Å². The van der Waals surface area contributed by atoms with Gasteiger partial charge in [0.2, 0.25) is 9.76 Å². The van der Waals surface area contributed by atoms with Crippen molar-refractivity contribution in [2.24, 2.45) is 11.8 Å². The first-order valence-electron chi connectivity index (χ1n) is 4.85. The molecule has 12 heavy (non-hydrogen) atoms. The number of hydrogen-bond acceptors (Lipinski definition) is 1. The molecule has 0 amide bonds. The van der Waals surface area contributed by atoms with Crippen LogP contribution in [0.2, 0.25) is 5.54 Å². The zero-order valence-corrected chi connectivity index (χ0v) is 8.79. The molecule has 2 radical (unpaired) electrons. The highest BCUT2D eigenvalue weighted by Gasteiger charge is 2.36. The lowest BCUT2D eigenvalue weighted by atomic mass is 10.1. The number of hydrogen-bond donors (Lipinski definition) is 0. The maximum atomic E-state index is 5.67. The Morgan fingerprint density at radius 3 is 2.67 bits per heavy atom. The van der Waals surface area contributed by atoms with Gasteiger partial charge in [-0.1, -0.05) is 12.2 Å². The van der Waals surface area contributed by atoms with E-state index >= 15 is 0 Å². The zero-order chi connectivity index (χ0) is 8.55. The molecule has 2 aliphatic rings. The first kappa shape index (κ1) is 8.51. The molecular weight excluding hydrogens is 164 g/mol. The minimum atomic E-state index is 0.409. The molecule has 3 unspecified atom stereocenters. The highest BCUT2D eigenvalue weighted by atomic mass is 28.2. The monoisotopic (exact) mass is 180 g/mol. The van der Waals surface area contributed by atoms with E-state index in [0.29, 0.717) is 6.10 Å². The van der Waals surface area contributed by atoms with Gasteiger partial charge in [-0.15, -0.1) is 0 Å². The molecule has 0 aromatic rings. The highest BCUT2D eigenvalue weighted by molar-refractivity contribution is 6.30. The van der Waals surface area contributed by atoms with Gasteiger partial charge in [-0.05, 0) is 44.1 Å². The summed E-state index contributed by atoms with van der Waals surface area (Å²) in [5.41, 5.74) is 0.849. The molecule has 3 atom stereocenters. The van der Waals surface area contributed by atoms with Gasteiger partial charge < -0.3 is 4.43 Å². The van der Waals surface area contributed by atoms with Gasteiger partial charge in [0.1, 0.15) is 0 Å². The average Bonchev–Trinajstić information content (AvgIpc) is 2.60. The molecule has 0 aromatic carbocycles. The average molecular weight is 180 g/mol. The summed E-state index contributed by atoms with van der Waals surface area (Å²) in [7, 11) is 0.732. The second-order valence-corrected chi connectivity index (χ2v) is 5.38. The van der Waals surface area contributed by atoms with E-state index in [1.807, 2.05) is 0 Å². The Kier molecular flexibility index (Phi) is 2.37. The van der Waals surface area contributed by atoms with Crippen LogP contribution in [0, 0.1) is 11.8 Å². The van der Waals surface area contributed by atoms with Crippen molar-refractivity contribution in [1.82, 2.24) is 0 Å². The molecule has 2 rings (SSSR count). The Morgan fingerprint density at radius 1 is 1.33 bits per heavy atom. The van der Waals surface area contributed by atoms with Crippen LogP contribution in [0.15, 0.2) is 12.2 Å². The molecule has 2 heteroatoms. The van der Waals surface area contributed by atoms with Crippen LogP contribution in [0.1, 0.15) is 26.7 Å². The van der Waals surface area contributed by atoms with Crippen LogP contribution in [-0.2, 0) is 4.43 Å². The van der Waals surface area contributed by atoms with Crippen LogP contribution in [0.5, 0.6) is 0 Å². The summed E-state index contributed by atoms with van der Waals surface area (Å²) in [6.45, 7) is 4.24. The lowest BCUT2D eigenvalue weighted by molar-refractivity contribution is 0.248. The fraction of sp³-hybridized carbons (Fsp3) is 0.800. The zero-order valence-electron chi connectivity index (χ0n) is 7.79. The first-order valence-corrected chi connectivity index (χ1v) is 5.84. The van der Waals surface area contributed by atoms with Crippen LogP contribution < -0.4 is 0 Å². The summed E-state index contributed by atoms with van der Waals surface area (Å²) >= 11 is 0. The molecule has 1 fully saturated rings. The number of rotatable bonds is 3. The highest BCUT2D eigenvalue weighted by Crippen LogP contribution is 2.46. The van der Waals surface area contributed by atoms with Crippen molar-refractivity contribution < 1.29 is 4.43 Å². The van der Waals surface area contributed by atoms with E-state index in [-0.39, 0.29) is 0 Å². The molecule has 1 nitrogen and oxygen atoms in total. The topological polar surface area (TPSA) is 9.23 Å². The third-order valence-corrected chi connectivity index (χ3v) is 4.31. The maximum Gasteiger partial charge on any atom is 0.234 e. The quantitative estimate of drug-likeness (QED) is 0.479. The van der Waals surface area contributed by atoms with E-state index in [1.165, 1.54) is 12.8 Å². The van der Waals surface area contributed by atoms with Crippen LogP contribution in [0.4, 0.5) is 0 Å². The second kappa shape index (κ2) is 3.34. The van der Waals surface area contributed by atoms with Gasteiger partial charge in [-0.25, -0.2) is 0 Å². The third kappa shape index (κ3) is 1.64. The van der Waals surface area contributed by atoms with Gasteiger partial charge in [-0.3, -0.25) is 0 Å². The number of fused-ring (bicyclic) bond motifs is 2. The van der Waals surface area contributed by atoms with E-state index in [4.69, 9.17) is 4.43 Å². The Balaban J connectivity index is 1.80. The Hall–Kier alpha value is -0.0831. The summed E-state index contributed by atoms with van der Waals surface area (Å²) in [5, 5.41) is 0. The molecular formula is C10H16OSi. The summed E-state index contributed by atoms with van der Waals surface area (Å²) < 4.78 is 5.67. The molecule has 2 aliphatic carbocycles. The van der Waals surface area contributed by atoms with Crippen LogP contribution >= 0.6 is 0 Å². The molecule has 2 bridgehead atoms. The SMILES string of the molecule is CC(C)O[Si]C1CC2C=CC1C2. The van der Waals surface area contributed by atoms with Crippen molar-refractivity contribution >= 4 is 9.76 Å². The minimum absolute atomic E-state index is 0.409. The fourth-order valence-electron chi connectivity index (χ4n) is 2.14. The van der Waals surface area contributed by atoms with Gasteiger partial charge in [0.25, 0.3) is 0 Å². The van der Waals surface area contributed by atoms with E-state index in [9.17, 15) is 0 Å². The van der Waals surface area contributed by atoms with E-state index in [2.05, 4.69) is 26.0 Å². The third-order valence-electron chi connectivity index (χ3n) is 2.73. The smallest absolute Gasteiger partial charge is 0.234 e. The van der Waals surface area contributed by atoms with E-state index in [1.54, 1.807) is 0 Å². The van der Waals surface area contributed by atoms with Crippen LogP contribution in [0.3, 0.4) is 0 Å². The molecule has 0 heterocycles. The van der Waals surface area contributed by atoms with Crippen molar-refractivity contribution in [2.75, 3.05) is 0 Å².